The normalized spacial score (nSPS) is 10.4. The minimum absolute atomic E-state index is 0.398. The third-order valence-electron chi connectivity index (χ3n) is 3.00. The van der Waals surface area contributed by atoms with Crippen LogP contribution in [0.15, 0.2) is 59.3 Å². The zero-order chi connectivity index (χ0) is 16.2. The van der Waals surface area contributed by atoms with Gasteiger partial charge in [-0.15, -0.1) is 0 Å². The Bertz CT molecular complexity index is 842. The topological polar surface area (TPSA) is 49.8 Å². The zero-order valence-electron chi connectivity index (χ0n) is 11.7. The van der Waals surface area contributed by atoms with Crippen molar-refractivity contribution in [3.8, 4) is 0 Å². The maximum absolute atomic E-state index is 13.2. The van der Waals surface area contributed by atoms with Crippen LogP contribution in [0.5, 0.6) is 0 Å². The first-order valence-electron chi connectivity index (χ1n) is 6.67. The van der Waals surface area contributed by atoms with Crippen molar-refractivity contribution in [1.82, 2.24) is 9.97 Å². The fourth-order valence-electron chi connectivity index (χ4n) is 1.92. The maximum atomic E-state index is 13.2. The van der Waals surface area contributed by atoms with E-state index in [9.17, 15) is 8.78 Å². The van der Waals surface area contributed by atoms with Crippen LogP contribution in [0, 0.1) is 11.6 Å². The Kier molecular flexibility index (Phi) is 4.47. The van der Waals surface area contributed by atoms with E-state index < -0.39 is 11.6 Å². The standard InChI is InChI=1S/C16H11BrF2N4/c17-11-3-1-2-4-14(11)23-16-8-15(20-9-21-16)22-10-5-6-12(18)13(19)7-10/h1-9H,(H2,20,21,22,23). The summed E-state index contributed by atoms with van der Waals surface area (Å²) in [5.41, 5.74) is 1.25. The number of benzene rings is 2. The molecule has 3 rings (SSSR count). The van der Waals surface area contributed by atoms with Crippen LogP contribution in [0.1, 0.15) is 0 Å². The van der Waals surface area contributed by atoms with Gasteiger partial charge in [0.1, 0.15) is 18.0 Å². The van der Waals surface area contributed by atoms with Crippen LogP contribution in [0.2, 0.25) is 0 Å². The minimum Gasteiger partial charge on any atom is -0.340 e. The van der Waals surface area contributed by atoms with Crippen LogP contribution in [-0.4, -0.2) is 9.97 Å². The molecule has 0 aliphatic carbocycles. The Morgan fingerprint density at radius 1 is 0.826 bits per heavy atom. The number of hydrogen-bond donors (Lipinski definition) is 2. The molecule has 4 nitrogen and oxygen atoms in total. The van der Waals surface area contributed by atoms with E-state index in [0.717, 1.165) is 22.3 Å². The van der Waals surface area contributed by atoms with E-state index in [1.54, 1.807) is 6.07 Å². The van der Waals surface area contributed by atoms with E-state index in [-0.39, 0.29) is 0 Å². The predicted molar refractivity (Wildman–Crippen MR) is 89.1 cm³/mol. The van der Waals surface area contributed by atoms with Crippen molar-refractivity contribution >= 4 is 38.9 Å². The van der Waals surface area contributed by atoms with Gasteiger partial charge in [0.2, 0.25) is 0 Å². The van der Waals surface area contributed by atoms with Crippen molar-refractivity contribution < 1.29 is 8.78 Å². The highest BCUT2D eigenvalue weighted by Gasteiger charge is 2.05. The van der Waals surface area contributed by atoms with Crippen molar-refractivity contribution in [1.29, 1.82) is 0 Å². The molecule has 0 fully saturated rings. The SMILES string of the molecule is Fc1ccc(Nc2cc(Nc3ccccc3Br)ncn2)cc1F. The van der Waals surface area contributed by atoms with Gasteiger partial charge in [-0.05, 0) is 40.2 Å². The summed E-state index contributed by atoms with van der Waals surface area (Å²) in [6.07, 6.45) is 1.38. The van der Waals surface area contributed by atoms with E-state index >= 15 is 0 Å². The van der Waals surface area contributed by atoms with Crippen molar-refractivity contribution in [3.63, 3.8) is 0 Å². The fourth-order valence-corrected chi connectivity index (χ4v) is 2.30. The van der Waals surface area contributed by atoms with Crippen LogP contribution >= 0.6 is 15.9 Å². The van der Waals surface area contributed by atoms with E-state index in [4.69, 9.17) is 0 Å². The lowest BCUT2D eigenvalue weighted by molar-refractivity contribution is 0.509. The van der Waals surface area contributed by atoms with Crippen LogP contribution in [0.25, 0.3) is 0 Å². The molecule has 0 bridgehead atoms. The highest BCUT2D eigenvalue weighted by Crippen LogP contribution is 2.25. The van der Waals surface area contributed by atoms with Crippen molar-refractivity contribution in [3.05, 3.63) is 71.0 Å². The summed E-state index contributed by atoms with van der Waals surface area (Å²) >= 11 is 3.44. The second-order valence-corrected chi connectivity index (χ2v) is 5.50. The largest absolute Gasteiger partial charge is 0.340 e. The average molecular weight is 377 g/mol. The lowest BCUT2D eigenvalue weighted by atomic mass is 10.3. The molecule has 1 aromatic heterocycles. The first-order chi connectivity index (χ1) is 11.1. The van der Waals surface area contributed by atoms with Crippen LogP contribution < -0.4 is 10.6 Å². The molecule has 0 saturated carbocycles. The van der Waals surface area contributed by atoms with E-state index in [1.807, 2.05) is 24.3 Å². The van der Waals surface area contributed by atoms with Gasteiger partial charge in [-0.2, -0.15) is 0 Å². The maximum Gasteiger partial charge on any atom is 0.160 e. The molecule has 116 valence electrons. The van der Waals surface area contributed by atoms with Crippen LogP contribution in [0.3, 0.4) is 0 Å². The summed E-state index contributed by atoms with van der Waals surface area (Å²) in [5, 5.41) is 6.05. The molecule has 2 N–H and O–H groups in total. The lowest BCUT2D eigenvalue weighted by Crippen LogP contribution is -1.99. The van der Waals surface area contributed by atoms with Gasteiger partial charge in [-0.25, -0.2) is 18.7 Å². The third kappa shape index (κ3) is 3.81. The third-order valence-corrected chi connectivity index (χ3v) is 3.69. The van der Waals surface area contributed by atoms with Gasteiger partial charge in [0.15, 0.2) is 11.6 Å². The molecule has 0 aliphatic heterocycles. The number of anilines is 4. The quantitative estimate of drug-likeness (QED) is 0.672. The van der Waals surface area contributed by atoms with Gasteiger partial charge in [0, 0.05) is 22.3 Å². The van der Waals surface area contributed by atoms with E-state index in [2.05, 4.69) is 36.5 Å². The highest BCUT2D eigenvalue weighted by atomic mass is 79.9. The van der Waals surface area contributed by atoms with Gasteiger partial charge in [0.25, 0.3) is 0 Å². The summed E-state index contributed by atoms with van der Waals surface area (Å²) in [7, 11) is 0. The molecular formula is C16H11BrF2N4. The predicted octanol–water partition coefficient (Wildman–Crippen LogP) is 5.00. The molecule has 0 saturated heterocycles. The molecule has 7 heteroatoms. The molecule has 0 atom stereocenters. The minimum atomic E-state index is -0.921. The highest BCUT2D eigenvalue weighted by molar-refractivity contribution is 9.10. The molecule has 0 unspecified atom stereocenters. The molecule has 1 heterocycles. The second-order valence-electron chi connectivity index (χ2n) is 4.65. The number of nitrogens with one attached hydrogen (secondary N) is 2. The first-order valence-corrected chi connectivity index (χ1v) is 7.47. The van der Waals surface area contributed by atoms with Crippen molar-refractivity contribution in [2.45, 2.75) is 0 Å². The first kappa shape index (κ1) is 15.4. The van der Waals surface area contributed by atoms with Gasteiger partial charge >= 0.3 is 0 Å². The Labute approximate surface area is 139 Å². The van der Waals surface area contributed by atoms with Crippen molar-refractivity contribution in [2.75, 3.05) is 10.6 Å². The number of aromatic nitrogens is 2. The summed E-state index contributed by atoms with van der Waals surface area (Å²) in [6.45, 7) is 0. The summed E-state index contributed by atoms with van der Waals surface area (Å²) in [5.74, 6) is -0.789. The van der Waals surface area contributed by atoms with E-state index in [0.29, 0.717) is 17.3 Å². The number of nitrogens with zero attached hydrogens (tertiary/aromatic N) is 2. The van der Waals surface area contributed by atoms with Gasteiger partial charge < -0.3 is 10.6 Å². The number of rotatable bonds is 4. The van der Waals surface area contributed by atoms with Crippen LogP contribution in [0.4, 0.5) is 31.8 Å². The van der Waals surface area contributed by atoms with Gasteiger partial charge in [-0.3, -0.25) is 0 Å². The molecule has 0 amide bonds. The molecule has 0 spiro atoms. The number of para-hydroxylation sites is 1. The monoisotopic (exact) mass is 376 g/mol. The van der Waals surface area contributed by atoms with Crippen molar-refractivity contribution in [2.24, 2.45) is 0 Å². The molecule has 0 aliphatic rings. The molecule has 3 aromatic rings. The van der Waals surface area contributed by atoms with Gasteiger partial charge in [-0.1, -0.05) is 12.1 Å². The smallest absolute Gasteiger partial charge is 0.160 e. The molecule has 2 aromatic carbocycles. The number of hydrogen-bond acceptors (Lipinski definition) is 4. The zero-order valence-corrected chi connectivity index (χ0v) is 13.3. The average Bonchev–Trinajstić information content (AvgIpc) is 2.54. The van der Waals surface area contributed by atoms with Crippen LogP contribution in [-0.2, 0) is 0 Å². The second kappa shape index (κ2) is 6.70. The summed E-state index contributed by atoms with van der Waals surface area (Å²) in [4.78, 5) is 8.19. The van der Waals surface area contributed by atoms with Gasteiger partial charge in [0.05, 0.1) is 5.69 Å². The summed E-state index contributed by atoms with van der Waals surface area (Å²) < 4.78 is 27.1. The Balaban J connectivity index is 1.79. The summed E-state index contributed by atoms with van der Waals surface area (Å²) in [6, 6.07) is 12.8. The lowest BCUT2D eigenvalue weighted by Gasteiger charge is -2.10. The fraction of sp³-hybridized carbons (Fsp3) is 0. The number of halogens is 3. The Morgan fingerprint density at radius 2 is 1.57 bits per heavy atom. The Hall–Kier alpha value is -2.54. The molecular weight excluding hydrogens is 366 g/mol. The molecule has 23 heavy (non-hydrogen) atoms. The Morgan fingerprint density at radius 3 is 2.30 bits per heavy atom. The molecule has 0 radical (unpaired) electrons. The van der Waals surface area contributed by atoms with E-state index in [1.165, 1.54) is 12.4 Å².